The van der Waals surface area contributed by atoms with Crippen molar-refractivity contribution in [3.63, 3.8) is 0 Å². The molecule has 1 amide bonds. The number of amides is 1. The molecule has 2 aromatic rings. The van der Waals surface area contributed by atoms with Gasteiger partial charge in [-0.3, -0.25) is 9.69 Å². The second-order valence-electron chi connectivity index (χ2n) is 6.18. The minimum absolute atomic E-state index is 0.142. The normalized spacial score (nSPS) is 21.4. The van der Waals surface area contributed by atoms with Gasteiger partial charge in [-0.1, -0.05) is 30.3 Å². The van der Waals surface area contributed by atoms with Crippen molar-refractivity contribution in [2.24, 2.45) is 0 Å². The van der Waals surface area contributed by atoms with Crippen LogP contribution in [0.3, 0.4) is 0 Å². The highest BCUT2D eigenvalue weighted by Gasteiger charge is 2.25. The van der Waals surface area contributed by atoms with Crippen LogP contribution in [-0.4, -0.2) is 46.3 Å². The van der Waals surface area contributed by atoms with E-state index in [0.29, 0.717) is 25.1 Å². The number of nitrogens with one attached hydrogen (secondary N) is 1. The van der Waals surface area contributed by atoms with Crippen molar-refractivity contribution in [3.05, 3.63) is 65.7 Å². The lowest BCUT2D eigenvalue weighted by molar-refractivity contribution is -0.0403. The Hall–Kier alpha value is -2.21. The summed E-state index contributed by atoms with van der Waals surface area (Å²) in [6, 6.07) is 16.8. The first-order valence-electron chi connectivity index (χ1n) is 8.15. The minimum atomic E-state index is -0.705. The van der Waals surface area contributed by atoms with Gasteiger partial charge in [-0.2, -0.15) is 0 Å². The van der Waals surface area contributed by atoms with Crippen molar-refractivity contribution in [1.29, 1.82) is 0 Å². The molecule has 24 heavy (non-hydrogen) atoms. The highest BCUT2D eigenvalue weighted by Crippen LogP contribution is 2.16. The zero-order chi connectivity index (χ0) is 16.9. The minimum Gasteiger partial charge on any atom is -0.390 e. The van der Waals surface area contributed by atoms with E-state index in [-0.39, 0.29) is 5.91 Å². The maximum Gasteiger partial charge on any atom is 0.255 e. The van der Waals surface area contributed by atoms with Crippen molar-refractivity contribution >= 4 is 11.6 Å². The number of β-amino-alcohol motifs (C(OH)–C–C–N with tert-alkyl or cyclic N) is 1. The summed E-state index contributed by atoms with van der Waals surface area (Å²) in [5.74, 6) is -0.142. The van der Waals surface area contributed by atoms with Gasteiger partial charge in [0.05, 0.1) is 12.2 Å². The summed E-state index contributed by atoms with van der Waals surface area (Å²) in [7, 11) is 0. The first kappa shape index (κ1) is 16.6. The highest BCUT2D eigenvalue weighted by atomic mass is 16.3. The summed E-state index contributed by atoms with van der Waals surface area (Å²) in [4.78, 5) is 14.4. The lowest BCUT2D eigenvalue weighted by Crippen LogP contribution is -2.46. The van der Waals surface area contributed by atoms with Gasteiger partial charge in [0.15, 0.2) is 0 Å². The molecule has 0 aromatic heterocycles. The quantitative estimate of drug-likeness (QED) is 0.802. The summed E-state index contributed by atoms with van der Waals surface area (Å²) in [6.45, 7) is 1.83. The molecule has 1 aliphatic heterocycles. The molecule has 1 aliphatic rings. The van der Waals surface area contributed by atoms with Gasteiger partial charge in [0.2, 0.25) is 0 Å². The lowest BCUT2D eigenvalue weighted by Gasteiger charge is -2.33. The summed E-state index contributed by atoms with van der Waals surface area (Å²) in [6.07, 6.45) is -0.775. The second kappa shape index (κ2) is 7.57. The molecule has 1 heterocycles. The number of rotatable bonds is 4. The zero-order valence-corrected chi connectivity index (χ0v) is 13.4. The van der Waals surface area contributed by atoms with E-state index in [1.807, 2.05) is 48.5 Å². The van der Waals surface area contributed by atoms with Gasteiger partial charge in [-0.25, -0.2) is 0 Å². The number of hydrogen-bond acceptors (Lipinski definition) is 4. The molecule has 0 saturated carbocycles. The standard InChI is InChI=1S/C19H22N2O3/c22-17-9-10-21(13-18(17)23)12-14-5-4-6-15(11-14)19(24)20-16-7-2-1-3-8-16/h1-8,11,17-18,22-23H,9-10,12-13H2,(H,20,24)/t17-,18+/m1/s1. The fourth-order valence-corrected chi connectivity index (χ4v) is 2.92. The molecule has 0 spiro atoms. The molecule has 0 aliphatic carbocycles. The summed E-state index contributed by atoms with van der Waals surface area (Å²) in [5.41, 5.74) is 2.38. The molecule has 0 bridgehead atoms. The smallest absolute Gasteiger partial charge is 0.255 e. The Balaban J connectivity index is 1.64. The third-order valence-corrected chi connectivity index (χ3v) is 4.26. The molecule has 0 radical (unpaired) electrons. The number of aliphatic hydroxyl groups excluding tert-OH is 2. The van der Waals surface area contributed by atoms with Crippen LogP contribution in [0.5, 0.6) is 0 Å². The number of carbonyl (C=O) groups excluding carboxylic acids is 1. The number of carbonyl (C=O) groups is 1. The van der Waals surface area contributed by atoms with Crippen LogP contribution in [0.1, 0.15) is 22.3 Å². The number of piperidine rings is 1. The summed E-state index contributed by atoms with van der Waals surface area (Å²) < 4.78 is 0. The van der Waals surface area contributed by atoms with Crippen molar-refractivity contribution < 1.29 is 15.0 Å². The van der Waals surface area contributed by atoms with Crippen molar-refractivity contribution in [1.82, 2.24) is 4.90 Å². The van der Waals surface area contributed by atoms with E-state index in [4.69, 9.17) is 0 Å². The molecule has 1 saturated heterocycles. The molecule has 5 nitrogen and oxygen atoms in total. The Morgan fingerprint density at radius 3 is 2.62 bits per heavy atom. The van der Waals surface area contributed by atoms with Crippen LogP contribution >= 0.6 is 0 Å². The first-order chi connectivity index (χ1) is 11.6. The maximum absolute atomic E-state index is 12.4. The van der Waals surface area contributed by atoms with Gasteiger partial charge < -0.3 is 15.5 Å². The molecule has 5 heteroatoms. The van der Waals surface area contributed by atoms with Crippen molar-refractivity contribution in [2.45, 2.75) is 25.2 Å². The van der Waals surface area contributed by atoms with Crippen LogP contribution in [-0.2, 0) is 6.54 Å². The number of para-hydroxylation sites is 1. The molecule has 3 rings (SSSR count). The van der Waals surface area contributed by atoms with Crippen LogP contribution in [0, 0.1) is 0 Å². The average molecular weight is 326 g/mol. The number of likely N-dealkylation sites (tertiary alicyclic amines) is 1. The topological polar surface area (TPSA) is 72.8 Å². The van der Waals surface area contributed by atoms with Crippen LogP contribution < -0.4 is 5.32 Å². The number of aliphatic hydroxyl groups is 2. The van der Waals surface area contributed by atoms with Crippen LogP contribution in [0.25, 0.3) is 0 Å². The van der Waals surface area contributed by atoms with Crippen molar-refractivity contribution in [2.75, 3.05) is 18.4 Å². The molecule has 2 atom stereocenters. The monoisotopic (exact) mass is 326 g/mol. The van der Waals surface area contributed by atoms with E-state index in [1.165, 1.54) is 0 Å². The van der Waals surface area contributed by atoms with E-state index in [1.54, 1.807) is 6.07 Å². The van der Waals surface area contributed by atoms with Gasteiger partial charge >= 0.3 is 0 Å². The van der Waals surface area contributed by atoms with E-state index < -0.39 is 12.2 Å². The third-order valence-electron chi connectivity index (χ3n) is 4.26. The zero-order valence-electron chi connectivity index (χ0n) is 13.4. The maximum atomic E-state index is 12.4. The molecule has 2 aromatic carbocycles. The Kier molecular flexibility index (Phi) is 5.25. The van der Waals surface area contributed by atoms with Gasteiger partial charge in [0.25, 0.3) is 5.91 Å². The van der Waals surface area contributed by atoms with Gasteiger partial charge in [0.1, 0.15) is 0 Å². The van der Waals surface area contributed by atoms with E-state index in [0.717, 1.165) is 17.8 Å². The predicted octanol–water partition coefficient (Wildman–Crippen LogP) is 1.87. The Bertz CT molecular complexity index is 690. The molecular weight excluding hydrogens is 304 g/mol. The summed E-state index contributed by atoms with van der Waals surface area (Å²) >= 11 is 0. The largest absolute Gasteiger partial charge is 0.390 e. The predicted molar refractivity (Wildman–Crippen MR) is 92.7 cm³/mol. The third kappa shape index (κ3) is 4.20. The molecule has 0 unspecified atom stereocenters. The lowest BCUT2D eigenvalue weighted by atomic mass is 10.0. The van der Waals surface area contributed by atoms with Gasteiger partial charge in [-0.05, 0) is 36.2 Å². The number of anilines is 1. The number of hydrogen-bond donors (Lipinski definition) is 3. The van der Waals surface area contributed by atoms with E-state index in [2.05, 4.69) is 10.2 Å². The summed E-state index contributed by atoms with van der Waals surface area (Å²) in [5, 5.41) is 22.2. The SMILES string of the molecule is O=C(Nc1ccccc1)c1cccc(CN2CC[C@@H](O)[C@@H](O)C2)c1. The fourth-order valence-electron chi connectivity index (χ4n) is 2.92. The Morgan fingerprint density at radius 1 is 1.08 bits per heavy atom. The average Bonchev–Trinajstić information content (AvgIpc) is 2.59. The molecule has 3 N–H and O–H groups in total. The van der Waals surface area contributed by atoms with Crippen LogP contribution in [0.15, 0.2) is 54.6 Å². The molecule has 126 valence electrons. The van der Waals surface area contributed by atoms with Gasteiger partial charge in [0, 0.05) is 30.9 Å². The number of benzene rings is 2. The van der Waals surface area contributed by atoms with Crippen molar-refractivity contribution in [3.8, 4) is 0 Å². The molecule has 1 fully saturated rings. The Morgan fingerprint density at radius 2 is 1.88 bits per heavy atom. The Labute approximate surface area is 141 Å². The first-order valence-corrected chi connectivity index (χ1v) is 8.15. The number of nitrogens with zero attached hydrogens (tertiary/aromatic N) is 1. The van der Waals surface area contributed by atoms with Crippen LogP contribution in [0.2, 0.25) is 0 Å². The second-order valence-corrected chi connectivity index (χ2v) is 6.18. The van der Waals surface area contributed by atoms with E-state index >= 15 is 0 Å². The fraction of sp³-hybridized carbons (Fsp3) is 0.316. The van der Waals surface area contributed by atoms with Gasteiger partial charge in [-0.15, -0.1) is 0 Å². The van der Waals surface area contributed by atoms with Crippen LogP contribution in [0.4, 0.5) is 5.69 Å². The highest BCUT2D eigenvalue weighted by molar-refractivity contribution is 6.04. The van der Waals surface area contributed by atoms with E-state index in [9.17, 15) is 15.0 Å². The molecular formula is C19H22N2O3.